The molecule has 4 rings (SSSR count). The van der Waals surface area contributed by atoms with Crippen LogP contribution in [0.25, 0.3) is 10.2 Å². The van der Waals surface area contributed by atoms with Gasteiger partial charge < -0.3 is 9.80 Å². The SMILES string of the molecule is CN1CCCC1C1CCCN1C(=O)Cn1cnc2sccc2c1=O. The minimum Gasteiger partial charge on any atom is -0.337 e. The molecule has 2 fully saturated rings. The number of hydrogen-bond donors (Lipinski definition) is 0. The van der Waals surface area contributed by atoms with E-state index in [0.29, 0.717) is 17.5 Å². The smallest absolute Gasteiger partial charge is 0.262 e. The Bertz CT molecular complexity index is 814. The van der Waals surface area contributed by atoms with Crippen LogP contribution in [0.15, 0.2) is 22.6 Å². The lowest BCUT2D eigenvalue weighted by molar-refractivity contribution is -0.133. The van der Waals surface area contributed by atoms with Crippen LogP contribution >= 0.6 is 11.3 Å². The topological polar surface area (TPSA) is 58.4 Å². The number of hydrogen-bond acceptors (Lipinski definition) is 5. The Morgan fingerprint density at radius 1 is 1.29 bits per heavy atom. The summed E-state index contributed by atoms with van der Waals surface area (Å²) < 4.78 is 1.45. The molecular weight excluding hydrogens is 324 g/mol. The van der Waals surface area contributed by atoms with Crippen LogP contribution in [0.4, 0.5) is 0 Å². The van der Waals surface area contributed by atoms with E-state index in [-0.39, 0.29) is 18.0 Å². The third-order valence-corrected chi connectivity index (χ3v) is 6.22. The van der Waals surface area contributed by atoms with Crippen molar-refractivity contribution in [3.8, 4) is 0 Å². The summed E-state index contributed by atoms with van der Waals surface area (Å²) in [5, 5.41) is 2.46. The predicted molar refractivity (Wildman–Crippen MR) is 94.3 cm³/mol. The Hall–Kier alpha value is -1.73. The van der Waals surface area contributed by atoms with Crippen molar-refractivity contribution in [3.63, 3.8) is 0 Å². The Labute approximate surface area is 144 Å². The van der Waals surface area contributed by atoms with E-state index in [1.54, 1.807) is 6.07 Å². The third kappa shape index (κ3) is 2.65. The highest BCUT2D eigenvalue weighted by molar-refractivity contribution is 7.16. The molecule has 2 aromatic rings. The van der Waals surface area contributed by atoms with Crippen LogP contribution in [0.5, 0.6) is 0 Å². The first-order chi connectivity index (χ1) is 11.6. The summed E-state index contributed by atoms with van der Waals surface area (Å²) in [6.07, 6.45) is 5.99. The van der Waals surface area contributed by atoms with Gasteiger partial charge in [-0.2, -0.15) is 0 Å². The number of fused-ring (bicyclic) bond motifs is 1. The van der Waals surface area contributed by atoms with E-state index in [1.807, 2.05) is 10.3 Å². The van der Waals surface area contributed by atoms with Crippen molar-refractivity contribution >= 4 is 27.5 Å². The minimum absolute atomic E-state index is 0.0382. The summed E-state index contributed by atoms with van der Waals surface area (Å²) in [4.78, 5) is 34.7. The number of carbonyl (C=O) groups excluding carboxylic acids is 1. The molecule has 0 aliphatic carbocycles. The molecular formula is C17H22N4O2S. The zero-order valence-electron chi connectivity index (χ0n) is 13.9. The number of thiophene rings is 1. The molecule has 7 heteroatoms. The zero-order valence-corrected chi connectivity index (χ0v) is 14.7. The van der Waals surface area contributed by atoms with E-state index in [0.717, 1.165) is 37.2 Å². The van der Waals surface area contributed by atoms with Crippen LogP contribution in [0.3, 0.4) is 0 Å². The molecule has 6 nitrogen and oxygen atoms in total. The molecule has 0 saturated carbocycles. The number of likely N-dealkylation sites (N-methyl/N-ethyl adjacent to an activating group) is 1. The van der Waals surface area contributed by atoms with Crippen molar-refractivity contribution in [2.45, 2.75) is 44.3 Å². The Kier molecular flexibility index (Phi) is 4.14. The Balaban J connectivity index is 1.54. The van der Waals surface area contributed by atoms with Crippen molar-refractivity contribution < 1.29 is 4.79 Å². The first-order valence-electron chi connectivity index (χ1n) is 8.57. The number of rotatable bonds is 3. The maximum atomic E-state index is 12.8. The van der Waals surface area contributed by atoms with Gasteiger partial charge in [-0.25, -0.2) is 4.98 Å². The van der Waals surface area contributed by atoms with Gasteiger partial charge in [0.15, 0.2) is 0 Å². The number of likely N-dealkylation sites (tertiary alicyclic amines) is 2. The molecule has 0 aromatic carbocycles. The van der Waals surface area contributed by atoms with Crippen LogP contribution in [0.1, 0.15) is 25.7 Å². The minimum atomic E-state index is -0.122. The highest BCUT2D eigenvalue weighted by Crippen LogP contribution is 2.29. The molecule has 2 aliphatic heterocycles. The molecule has 0 N–H and O–H groups in total. The van der Waals surface area contributed by atoms with Crippen LogP contribution in [0.2, 0.25) is 0 Å². The van der Waals surface area contributed by atoms with Crippen LogP contribution in [-0.4, -0.2) is 57.5 Å². The van der Waals surface area contributed by atoms with E-state index in [9.17, 15) is 9.59 Å². The number of carbonyl (C=O) groups is 1. The highest BCUT2D eigenvalue weighted by atomic mass is 32.1. The molecule has 2 saturated heterocycles. The summed E-state index contributed by atoms with van der Waals surface area (Å²) in [6, 6.07) is 2.53. The second-order valence-corrected chi connectivity index (χ2v) is 7.70. The Morgan fingerprint density at radius 3 is 2.88 bits per heavy atom. The Morgan fingerprint density at radius 2 is 2.08 bits per heavy atom. The quantitative estimate of drug-likeness (QED) is 0.846. The first-order valence-corrected chi connectivity index (χ1v) is 9.45. The number of aromatic nitrogens is 2. The van der Waals surface area contributed by atoms with Crippen molar-refractivity contribution in [2.75, 3.05) is 20.1 Å². The second kappa shape index (κ2) is 6.29. The molecule has 4 heterocycles. The molecule has 128 valence electrons. The van der Waals surface area contributed by atoms with E-state index < -0.39 is 0 Å². The van der Waals surface area contributed by atoms with Gasteiger partial charge in [0.05, 0.1) is 11.7 Å². The molecule has 2 aliphatic rings. The second-order valence-electron chi connectivity index (χ2n) is 6.80. The maximum Gasteiger partial charge on any atom is 0.262 e. The van der Waals surface area contributed by atoms with Gasteiger partial charge in [-0.05, 0) is 50.7 Å². The van der Waals surface area contributed by atoms with Gasteiger partial charge >= 0.3 is 0 Å². The van der Waals surface area contributed by atoms with Gasteiger partial charge in [-0.15, -0.1) is 11.3 Å². The fourth-order valence-electron chi connectivity index (χ4n) is 4.17. The summed E-state index contributed by atoms with van der Waals surface area (Å²) >= 11 is 1.45. The largest absolute Gasteiger partial charge is 0.337 e. The third-order valence-electron chi connectivity index (χ3n) is 5.40. The van der Waals surface area contributed by atoms with Gasteiger partial charge in [-0.1, -0.05) is 0 Å². The molecule has 24 heavy (non-hydrogen) atoms. The van der Waals surface area contributed by atoms with Crippen molar-refractivity contribution in [3.05, 3.63) is 28.1 Å². The molecule has 0 spiro atoms. The summed E-state index contributed by atoms with van der Waals surface area (Å²) in [7, 11) is 2.15. The monoisotopic (exact) mass is 346 g/mol. The molecule has 1 amide bonds. The lowest BCUT2D eigenvalue weighted by Gasteiger charge is -2.33. The fourth-order valence-corrected chi connectivity index (χ4v) is 4.89. The molecule has 2 unspecified atom stereocenters. The lowest BCUT2D eigenvalue weighted by atomic mass is 10.0. The van der Waals surface area contributed by atoms with E-state index >= 15 is 0 Å². The van der Waals surface area contributed by atoms with E-state index in [4.69, 9.17) is 0 Å². The zero-order chi connectivity index (χ0) is 16.7. The standard InChI is InChI=1S/C17H22N4O2S/c1-19-7-2-4-13(19)14-5-3-8-21(14)15(22)10-20-11-18-16-12(17(20)23)6-9-24-16/h6,9,11,13-14H,2-5,7-8,10H2,1H3. The molecule has 2 atom stereocenters. The van der Waals surface area contributed by atoms with Gasteiger partial charge in [0.25, 0.3) is 5.56 Å². The number of nitrogens with zero attached hydrogens (tertiary/aromatic N) is 4. The van der Waals surface area contributed by atoms with Crippen LogP contribution in [-0.2, 0) is 11.3 Å². The van der Waals surface area contributed by atoms with E-state index in [1.165, 1.54) is 28.7 Å². The summed E-state index contributed by atoms with van der Waals surface area (Å²) in [5.41, 5.74) is -0.122. The molecule has 2 aromatic heterocycles. The van der Waals surface area contributed by atoms with Gasteiger partial charge in [0.2, 0.25) is 5.91 Å². The summed E-state index contributed by atoms with van der Waals surface area (Å²) in [6.45, 7) is 2.00. The molecule has 0 bridgehead atoms. The lowest BCUT2D eigenvalue weighted by Crippen LogP contribution is -2.48. The van der Waals surface area contributed by atoms with Crippen LogP contribution < -0.4 is 5.56 Å². The van der Waals surface area contributed by atoms with Crippen molar-refractivity contribution in [2.24, 2.45) is 0 Å². The highest BCUT2D eigenvalue weighted by Gasteiger charge is 2.38. The predicted octanol–water partition coefficient (Wildman–Crippen LogP) is 1.54. The van der Waals surface area contributed by atoms with Gasteiger partial charge in [0.1, 0.15) is 11.4 Å². The molecule has 0 radical (unpaired) electrons. The van der Waals surface area contributed by atoms with E-state index in [2.05, 4.69) is 16.9 Å². The maximum absolute atomic E-state index is 12.8. The average molecular weight is 346 g/mol. The normalized spacial score (nSPS) is 25.0. The van der Waals surface area contributed by atoms with Gasteiger partial charge in [-0.3, -0.25) is 14.2 Å². The van der Waals surface area contributed by atoms with Crippen molar-refractivity contribution in [1.29, 1.82) is 0 Å². The summed E-state index contributed by atoms with van der Waals surface area (Å²) in [5.74, 6) is 0.0382. The van der Waals surface area contributed by atoms with Crippen molar-refractivity contribution in [1.82, 2.24) is 19.4 Å². The van der Waals surface area contributed by atoms with Gasteiger partial charge in [0, 0.05) is 18.6 Å². The number of amides is 1. The first kappa shape index (κ1) is 15.8. The average Bonchev–Trinajstić information content (AvgIpc) is 3.29. The van der Waals surface area contributed by atoms with Crippen LogP contribution in [0, 0.1) is 0 Å². The fraction of sp³-hybridized carbons (Fsp3) is 0.588.